The van der Waals surface area contributed by atoms with Gasteiger partial charge in [0.05, 0.1) is 0 Å². The van der Waals surface area contributed by atoms with E-state index in [4.69, 9.17) is 0 Å². The van der Waals surface area contributed by atoms with E-state index < -0.39 is 0 Å². The second-order valence-electron chi connectivity index (χ2n) is 5.43. The topological polar surface area (TPSA) is 0 Å². The summed E-state index contributed by atoms with van der Waals surface area (Å²) in [4.78, 5) is 0. The molecule has 1 heterocycles. The van der Waals surface area contributed by atoms with Crippen molar-refractivity contribution >= 4 is 59.6 Å². The summed E-state index contributed by atoms with van der Waals surface area (Å²) in [6.07, 6.45) is 0. The van der Waals surface area contributed by atoms with Gasteiger partial charge in [-0.1, -0.05) is 0 Å². The van der Waals surface area contributed by atoms with Crippen molar-refractivity contribution in [2.45, 2.75) is 0 Å². The summed E-state index contributed by atoms with van der Waals surface area (Å²) in [5.41, 5.74) is 0. The summed E-state index contributed by atoms with van der Waals surface area (Å²) in [5, 5.41) is 8.60. The zero-order valence-corrected chi connectivity index (χ0v) is 13.7. The van der Waals surface area contributed by atoms with Gasteiger partial charge in [0.1, 0.15) is 0 Å². The molecule has 0 aliphatic rings. The Bertz CT molecular complexity index is 1040. The molecule has 5 rings (SSSR count). The maximum absolute atomic E-state index is 2.32. The van der Waals surface area contributed by atoms with Crippen LogP contribution in [0.4, 0.5) is 0 Å². The van der Waals surface area contributed by atoms with Crippen LogP contribution in [0.15, 0.2) is 72.8 Å². The Balaban J connectivity index is 2.09. The van der Waals surface area contributed by atoms with Crippen molar-refractivity contribution in [2.24, 2.45) is 0 Å². The molecule has 1 heteroatoms. The Morgan fingerprint density at radius 2 is 0.905 bits per heavy atom. The normalized spacial score (nSPS) is 11.8. The monoisotopic (exact) mass is 382 g/mol. The number of hydrogen-bond donors (Lipinski definition) is 0. The molecule has 5 aromatic rings. The molecular weight excluding hydrogens is 368 g/mol. The van der Waals surface area contributed by atoms with E-state index in [1.54, 1.807) is 6.80 Å². The first-order chi connectivity index (χ1) is 10.4. The van der Waals surface area contributed by atoms with E-state index >= 15 is 0 Å². The fourth-order valence-corrected chi connectivity index (χ4v) is 7.15. The van der Waals surface area contributed by atoms with Crippen LogP contribution in [0.5, 0.6) is 0 Å². The molecule has 0 aliphatic heterocycles. The summed E-state index contributed by atoms with van der Waals surface area (Å²) < 4.78 is 3.23. The number of hydrogen-bond acceptors (Lipinski definition) is 0. The Morgan fingerprint density at radius 1 is 0.429 bits per heavy atom. The molecule has 0 amide bonds. The fraction of sp³-hybridized carbons (Fsp3) is 0. The van der Waals surface area contributed by atoms with Gasteiger partial charge in [-0.15, -0.1) is 0 Å². The first kappa shape index (κ1) is 11.8. The van der Waals surface area contributed by atoms with Gasteiger partial charge in [-0.25, -0.2) is 0 Å². The predicted molar refractivity (Wildman–Crippen MR) is 93.4 cm³/mol. The molecule has 0 atom stereocenters. The third-order valence-electron chi connectivity index (χ3n) is 4.25. The molecular formula is C20H12Te. The van der Waals surface area contributed by atoms with Crippen LogP contribution in [0.2, 0.25) is 0 Å². The quantitative estimate of drug-likeness (QED) is 0.318. The van der Waals surface area contributed by atoms with Crippen molar-refractivity contribution in [3.8, 4) is 0 Å². The molecule has 1 aromatic heterocycles. The Morgan fingerprint density at radius 3 is 1.43 bits per heavy atom. The third-order valence-corrected chi connectivity index (χ3v) is 7.93. The maximum atomic E-state index is 2.32. The van der Waals surface area contributed by atoms with Crippen LogP contribution in [0.25, 0.3) is 39.1 Å². The first-order valence-electron chi connectivity index (χ1n) is 7.13. The first-order valence-corrected chi connectivity index (χ1v) is 9.46. The number of fused-ring (bicyclic) bond motifs is 7. The Hall–Kier alpha value is -1.81. The molecule has 98 valence electrons. The number of benzene rings is 4. The molecule has 0 saturated heterocycles. The van der Waals surface area contributed by atoms with Gasteiger partial charge in [0.25, 0.3) is 0 Å². The SMILES string of the molecule is c1ccc2c(c1)ccc1c3ccc4ccccc4c3[te]c21. The van der Waals surface area contributed by atoms with E-state index in [2.05, 4.69) is 72.8 Å². The van der Waals surface area contributed by atoms with Crippen LogP contribution >= 0.6 is 0 Å². The van der Waals surface area contributed by atoms with Crippen LogP contribution in [-0.2, 0) is 0 Å². The summed E-state index contributed by atoms with van der Waals surface area (Å²) in [6, 6.07) is 26.8. The minimum absolute atomic E-state index is 0.311. The second kappa shape index (κ2) is 4.34. The minimum atomic E-state index is -0.311. The van der Waals surface area contributed by atoms with E-state index in [1.807, 2.05) is 0 Å². The second-order valence-corrected chi connectivity index (χ2v) is 8.34. The van der Waals surface area contributed by atoms with Gasteiger partial charge in [-0.3, -0.25) is 0 Å². The van der Waals surface area contributed by atoms with Crippen LogP contribution < -0.4 is 0 Å². The van der Waals surface area contributed by atoms with Crippen molar-refractivity contribution < 1.29 is 0 Å². The van der Waals surface area contributed by atoms with Crippen LogP contribution in [0, 0.1) is 0 Å². The molecule has 0 aliphatic carbocycles. The summed E-state index contributed by atoms with van der Waals surface area (Å²) >= 11 is -0.311. The van der Waals surface area contributed by atoms with E-state index in [9.17, 15) is 0 Å². The molecule has 0 bridgehead atoms. The molecule has 0 unspecified atom stereocenters. The van der Waals surface area contributed by atoms with Gasteiger partial charge in [0, 0.05) is 0 Å². The van der Waals surface area contributed by atoms with Gasteiger partial charge in [0.15, 0.2) is 0 Å². The Labute approximate surface area is 132 Å². The van der Waals surface area contributed by atoms with Crippen molar-refractivity contribution in [3.63, 3.8) is 0 Å². The van der Waals surface area contributed by atoms with Gasteiger partial charge in [-0.05, 0) is 0 Å². The van der Waals surface area contributed by atoms with Gasteiger partial charge in [-0.2, -0.15) is 0 Å². The average Bonchev–Trinajstić information content (AvgIpc) is 2.94. The molecule has 0 N–H and O–H groups in total. The van der Waals surface area contributed by atoms with Crippen molar-refractivity contribution in [2.75, 3.05) is 0 Å². The van der Waals surface area contributed by atoms with Gasteiger partial charge in [0.2, 0.25) is 0 Å². The summed E-state index contributed by atoms with van der Waals surface area (Å²) in [7, 11) is 0. The molecule has 0 nitrogen and oxygen atoms in total. The summed E-state index contributed by atoms with van der Waals surface area (Å²) in [5.74, 6) is 0. The predicted octanol–water partition coefficient (Wildman–Crippen LogP) is 5.36. The van der Waals surface area contributed by atoms with Crippen molar-refractivity contribution in [1.82, 2.24) is 0 Å². The molecule has 0 spiro atoms. The van der Waals surface area contributed by atoms with Crippen LogP contribution in [0.3, 0.4) is 0 Å². The van der Waals surface area contributed by atoms with E-state index in [0.717, 1.165) is 0 Å². The molecule has 0 radical (unpaired) electrons. The molecule has 21 heavy (non-hydrogen) atoms. The van der Waals surface area contributed by atoms with Crippen molar-refractivity contribution in [1.29, 1.82) is 0 Å². The third kappa shape index (κ3) is 1.62. The van der Waals surface area contributed by atoms with E-state index in [0.29, 0.717) is 0 Å². The van der Waals surface area contributed by atoms with Crippen LogP contribution in [-0.4, -0.2) is 20.4 Å². The van der Waals surface area contributed by atoms with Gasteiger partial charge < -0.3 is 0 Å². The average molecular weight is 380 g/mol. The van der Waals surface area contributed by atoms with Crippen LogP contribution in [0.1, 0.15) is 0 Å². The van der Waals surface area contributed by atoms with E-state index in [-0.39, 0.29) is 20.4 Å². The molecule has 0 saturated carbocycles. The molecule has 4 aromatic carbocycles. The van der Waals surface area contributed by atoms with Gasteiger partial charge >= 0.3 is 132 Å². The molecule has 0 fully saturated rings. The van der Waals surface area contributed by atoms with Crippen molar-refractivity contribution in [3.05, 3.63) is 72.8 Å². The number of rotatable bonds is 0. The standard InChI is InChI=1S/C20H12Te/c1-3-7-15-13(5-1)9-11-17-18-12-10-14-6-2-4-8-16(14)20(18)21-19(15)17/h1-12H. The Kier molecular flexibility index (Phi) is 2.44. The zero-order chi connectivity index (χ0) is 13.8. The fourth-order valence-electron chi connectivity index (χ4n) is 3.23. The zero-order valence-electron chi connectivity index (χ0n) is 11.3. The van der Waals surface area contributed by atoms with E-state index in [1.165, 1.54) is 32.3 Å². The summed E-state index contributed by atoms with van der Waals surface area (Å²) in [6.45, 7) is 0.